The average molecular weight is 611 g/mol. The highest BCUT2D eigenvalue weighted by Crippen LogP contribution is 2.42. The van der Waals surface area contributed by atoms with Crippen LogP contribution in [0.5, 0.6) is 0 Å². The Labute approximate surface area is 251 Å². The van der Waals surface area contributed by atoms with Gasteiger partial charge in [-0.2, -0.15) is 0 Å². The molecule has 0 saturated carbocycles. The number of nitrogens with zero attached hydrogens (tertiary/aromatic N) is 2. The van der Waals surface area contributed by atoms with Crippen molar-refractivity contribution in [3.05, 3.63) is 65.2 Å². The molecule has 3 aliphatic heterocycles. The molecule has 7 nitrogen and oxygen atoms in total. The number of hydrogen-bond donors (Lipinski definition) is 2. The third kappa shape index (κ3) is 7.31. The summed E-state index contributed by atoms with van der Waals surface area (Å²) in [6.07, 6.45) is 4.25. The lowest BCUT2D eigenvalue weighted by Gasteiger charge is -2.43. The van der Waals surface area contributed by atoms with Crippen LogP contribution in [-0.4, -0.2) is 69.5 Å². The number of rotatable bonds is 8. The lowest BCUT2D eigenvalue weighted by Crippen LogP contribution is -2.48. The summed E-state index contributed by atoms with van der Waals surface area (Å²) in [4.78, 5) is 17.3. The van der Waals surface area contributed by atoms with Gasteiger partial charge in [-0.25, -0.2) is 0 Å². The Morgan fingerprint density at radius 3 is 2.27 bits per heavy atom. The topological polar surface area (TPSA) is 74.3 Å². The van der Waals surface area contributed by atoms with E-state index in [0.717, 1.165) is 36.3 Å². The molecule has 3 saturated heterocycles. The van der Waals surface area contributed by atoms with Crippen LogP contribution in [0.15, 0.2) is 48.5 Å². The second-order valence-electron chi connectivity index (χ2n) is 11.2. The van der Waals surface area contributed by atoms with E-state index in [-0.39, 0.29) is 24.7 Å². The number of anilines is 1. The quantitative estimate of drug-likeness (QED) is 0.366. The number of aliphatic hydroxyl groups excluding tert-OH is 1. The third-order valence-corrected chi connectivity index (χ3v) is 8.92. The summed E-state index contributed by atoms with van der Waals surface area (Å²) < 4.78 is 11.2. The van der Waals surface area contributed by atoms with Gasteiger partial charge in [-0.1, -0.05) is 78.1 Å². The number of hydrogen-bond acceptors (Lipinski definition) is 6. The summed E-state index contributed by atoms with van der Waals surface area (Å²) in [5.41, 5.74) is 3.28. The summed E-state index contributed by atoms with van der Waals surface area (Å²) in [6.45, 7) is 7.69. The van der Waals surface area contributed by atoms with Crippen molar-refractivity contribution in [2.45, 2.75) is 67.5 Å². The fourth-order valence-corrected chi connectivity index (χ4v) is 6.23. The van der Waals surface area contributed by atoms with Crippen molar-refractivity contribution in [3.8, 4) is 0 Å². The van der Waals surface area contributed by atoms with Crippen molar-refractivity contribution in [1.29, 1.82) is 0 Å². The van der Waals surface area contributed by atoms with Crippen molar-refractivity contribution in [3.63, 3.8) is 0 Å². The number of likely N-dealkylation sites (tertiary alicyclic amines) is 2. The first kappa shape index (κ1) is 30.1. The standard InChI is InChI=1S/C30H38Cl3N3O4/c1-20-26(18-36-16-4-5-25(36)17-35-14-2-3-15-35)39-28(40-27(20)22-8-6-21(19-37)7-9-22)23-10-12-24(13-11-23)34-29(38)30(31,32)33/h6-13,20,25-28,37H,2-5,14-19H2,1H3,(H,34,38)/t20-,25+,26+,27+,28+/m1/s1. The van der Waals surface area contributed by atoms with Gasteiger partial charge in [-0.3, -0.25) is 9.69 Å². The number of halogens is 3. The lowest BCUT2D eigenvalue weighted by atomic mass is 9.90. The molecule has 2 aromatic rings. The number of aliphatic hydroxyl groups is 1. The van der Waals surface area contributed by atoms with Gasteiger partial charge in [0.05, 0.1) is 18.8 Å². The van der Waals surface area contributed by atoms with Crippen LogP contribution in [0.2, 0.25) is 0 Å². The Hall–Kier alpha value is -1.42. The van der Waals surface area contributed by atoms with Crippen LogP contribution in [0.25, 0.3) is 0 Å². The minimum atomic E-state index is -2.04. The summed E-state index contributed by atoms with van der Waals surface area (Å²) in [5.74, 6) is -0.600. The first-order valence-corrected chi connectivity index (χ1v) is 15.3. The molecule has 0 aliphatic carbocycles. The molecular weight excluding hydrogens is 573 g/mol. The molecule has 0 radical (unpaired) electrons. The first-order valence-electron chi connectivity index (χ1n) is 14.2. The maximum Gasteiger partial charge on any atom is 0.276 e. The van der Waals surface area contributed by atoms with E-state index in [4.69, 9.17) is 44.3 Å². The van der Waals surface area contributed by atoms with Crippen LogP contribution in [0.4, 0.5) is 5.69 Å². The van der Waals surface area contributed by atoms with E-state index < -0.39 is 16.0 Å². The SMILES string of the molecule is C[C@@H]1[C@H](CN2CCC[C@H]2CN2CCCC2)O[C@H](c2ccc(NC(=O)C(Cl)(Cl)Cl)cc2)O[C@@H]1c1ccc(CO)cc1. The van der Waals surface area contributed by atoms with E-state index in [9.17, 15) is 9.90 Å². The molecule has 0 bridgehead atoms. The van der Waals surface area contributed by atoms with Gasteiger partial charge in [0.2, 0.25) is 0 Å². The monoisotopic (exact) mass is 609 g/mol. The molecule has 2 N–H and O–H groups in total. The van der Waals surface area contributed by atoms with E-state index in [1.165, 1.54) is 38.8 Å². The smallest absolute Gasteiger partial charge is 0.276 e. The van der Waals surface area contributed by atoms with Gasteiger partial charge < -0.3 is 24.8 Å². The number of ether oxygens (including phenoxy) is 2. The summed E-state index contributed by atoms with van der Waals surface area (Å²) in [6, 6.07) is 15.7. The highest BCUT2D eigenvalue weighted by atomic mass is 35.6. The van der Waals surface area contributed by atoms with Crippen molar-refractivity contribution in [1.82, 2.24) is 9.80 Å². The van der Waals surface area contributed by atoms with E-state index in [1.807, 2.05) is 36.4 Å². The minimum Gasteiger partial charge on any atom is -0.392 e. The molecule has 3 aliphatic rings. The Bertz CT molecular complexity index is 1120. The Balaban J connectivity index is 1.34. The molecule has 3 fully saturated rings. The van der Waals surface area contributed by atoms with Crippen molar-refractivity contribution < 1.29 is 19.4 Å². The zero-order valence-electron chi connectivity index (χ0n) is 22.8. The third-order valence-electron chi connectivity index (χ3n) is 8.40. The summed E-state index contributed by atoms with van der Waals surface area (Å²) in [5, 5.41) is 12.1. The maximum atomic E-state index is 12.1. The van der Waals surface area contributed by atoms with Gasteiger partial charge in [0.15, 0.2) is 6.29 Å². The molecule has 2 aromatic carbocycles. The Morgan fingerprint density at radius 2 is 1.62 bits per heavy atom. The van der Waals surface area contributed by atoms with Crippen LogP contribution in [0.3, 0.4) is 0 Å². The van der Waals surface area contributed by atoms with Gasteiger partial charge >= 0.3 is 0 Å². The molecule has 3 heterocycles. The zero-order valence-corrected chi connectivity index (χ0v) is 25.0. The fraction of sp³-hybridized carbons (Fsp3) is 0.567. The molecule has 10 heteroatoms. The number of carbonyl (C=O) groups is 1. The maximum absolute atomic E-state index is 12.1. The number of benzene rings is 2. The molecule has 0 aromatic heterocycles. The molecular formula is C30H38Cl3N3O4. The van der Waals surface area contributed by atoms with Gasteiger partial charge in [0, 0.05) is 36.3 Å². The van der Waals surface area contributed by atoms with Gasteiger partial charge in [-0.05, 0) is 68.6 Å². The zero-order chi connectivity index (χ0) is 28.3. The van der Waals surface area contributed by atoms with Crippen LogP contribution in [0.1, 0.15) is 61.7 Å². The number of nitrogens with one attached hydrogen (secondary N) is 1. The fourth-order valence-electron chi connectivity index (χ4n) is 6.09. The highest BCUT2D eigenvalue weighted by Gasteiger charge is 2.41. The number of carbonyl (C=O) groups excluding carboxylic acids is 1. The van der Waals surface area contributed by atoms with Crippen LogP contribution in [-0.2, 0) is 20.9 Å². The molecule has 0 spiro atoms. The van der Waals surface area contributed by atoms with Gasteiger partial charge in [0.1, 0.15) is 0 Å². The molecule has 5 atom stereocenters. The van der Waals surface area contributed by atoms with Crippen molar-refractivity contribution in [2.75, 3.05) is 38.0 Å². The normalized spacial score (nSPS) is 28.2. The first-order chi connectivity index (χ1) is 19.2. The van der Waals surface area contributed by atoms with E-state index in [2.05, 4.69) is 22.0 Å². The molecule has 0 unspecified atom stereocenters. The number of amides is 1. The predicted molar refractivity (Wildman–Crippen MR) is 159 cm³/mol. The highest BCUT2D eigenvalue weighted by molar-refractivity contribution is 6.76. The molecule has 40 heavy (non-hydrogen) atoms. The van der Waals surface area contributed by atoms with E-state index in [1.54, 1.807) is 12.1 Å². The van der Waals surface area contributed by atoms with Crippen molar-refractivity contribution in [2.24, 2.45) is 5.92 Å². The predicted octanol–water partition coefficient (Wildman–Crippen LogP) is 5.84. The minimum absolute atomic E-state index is 0.00421. The molecule has 5 rings (SSSR count). The Morgan fingerprint density at radius 1 is 0.950 bits per heavy atom. The second-order valence-corrected chi connectivity index (χ2v) is 13.5. The van der Waals surface area contributed by atoms with Gasteiger partial charge in [0.25, 0.3) is 9.70 Å². The molecule has 218 valence electrons. The van der Waals surface area contributed by atoms with Crippen molar-refractivity contribution >= 4 is 46.4 Å². The summed E-state index contributed by atoms with van der Waals surface area (Å²) >= 11 is 17.1. The molecule has 1 amide bonds. The lowest BCUT2D eigenvalue weighted by molar-refractivity contribution is -0.276. The largest absolute Gasteiger partial charge is 0.392 e. The summed E-state index contributed by atoms with van der Waals surface area (Å²) in [7, 11) is 0. The van der Waals surface area contributed by atoms with Crippen LogP contribution >= 0.6 is 34.8 Å². The number of alkyl halides is 3. The average Bonchev–Trinajstić information content (AvgIpc) is 3.62. The van der Waals surface area contributed by atoms with E-state index in [0.29, 0.717) is 11.7 Å². The Kier molecular flexibility index (Phi) is 9.96. The van der Waals surface area contributed by atoms with Gasteiger partial charge in [-0.15, -0.1) is 0 Å². The second kappa shape index (κ2) is 13.3. The van der Waals surface area contributed by atoms with E-state index >= 15 is 0 Å². The van der Waals surface area contributed by atoms with Crippen LogP contribution < -0.4 is 5.32 Å². The van der Waals surface area contributed by atoms with Crippen LogP contribution in [0, 0.1) is 5.92 Å².